The van der Waals surface area contributed by atoms with Gasteiger partial charge in [-0.1, -0.05) is 19.9 Å². The molecule has 2 fully saturated rings. The molecule has 0 N–H and O–H groups in total. The van der Waals surface area contributed by atoms with Crippen molar-refractivity contribution in [2.75, 3.05) is 45.8 Å². The van der Waals surface area contributed by atoms with Crippen molar-refractivity contribution in [1.82, 2.24) is 14.1 Å². The van der Waals surface area contributed by atoms with Gasteiger partial charge in [0.15, 0.2) is 0 Å². The summed E-state index contributed by atoms with van der Waals surface area (Å²) in [6.45, 7) is 9.73. The lowest BCUT2D eigenvalue weighted by Gasteiger charge is -2.38. The van der Waals surface area contributed by atoms with E-state index in [1.54, 1.807) is 21.8 Å². The normalized spacial score (nSPS) is 22.5. The lowest BCUT2D eigenvalue weighted by Crippen LogP contribution is -2.51. The predicted octanol–water partition coefficient (Wildman–Crippen LogP) is 1.95. The topological polar surface area (TPSA) is 60.9 Å². The van der Waals surface area contributed by atoms with Crippen LogP contribution in [-0.4, -0.2) is 74.2 Å². The molecule has 0 saturated carbocycles. The van der Waals surface area contributed by atoms with Gasteiger partial charge >= 0.3 is 0 Å². The number of piperidine rings is 1. The maximum absolute atomic E-state index is 12.8. The number of rotatable bonds is 5. The molecule has 1 aromatic heterocycles. The number of piperazine rings is 1. The van der Waals surface area contributed by atoms with Gasteiger partial charge in [-0.15, -0.1) is 11.3 Å². The van der Waals surface area contributed by atoms with Crippen LogP contribution in [0.25, 0.3) is 0 Å². The fourth-order valence-electron chi connectivity index (χ4n) is 3.93. The van der Waals surface area contributed by atoms with Crippen molar-refractivity contribution in [1.29, 1.82) is 0 Å². The average Bonchev–Trinajstić information content (AvgIpc) is 3.23. The van der Waals surface area contributed by atoms with Crippen molar-refractivity contribution >= 4 is 27.3 Å². The van der Waals surface area contributed by atoms with Crippen LogP contribution < -0.4 is 0 Å². The molecule has 6 nitrogen and oxygen atoms in total. The second-order valence-electron chi connectivity index (χ2n) is 7.22. The van der Waals surface area contributed by atoms with Gasteiger partial charge < -0.3 is 9.80 Å². The highest BCUT2D eigenvalue weighted by molar-refractivity contribution is 7.91. The molecule has 0 radical (unpaired) electrons. The second kappa shape index (κ2) is 8.37. The molecule has 1 aromatic rings. The lowest BCUT2D eigenvalue weighted by atomic mass is 9.85. The average molecular weight is 400 g/mol. The van der Waals surface area contributed by atoms with Gasteiger partial charge in [0, 0.05) is 45.2 Å². The van der Waals surface area contributed by atoms with E-state index in [1.165, 1.54) is 11.3 Å². The molecule has 1 amide bonds. The monoisotopic (exact) mass is 399 g/mol. The van der Waals surface area contributed by atoms with Crippen LogP contribution >= 0.6 is 11.3 Å². The zero-order chi connectivity index (χ0) is 18.7. The first-order valence-electron chi connectivity index (χ1n) is 9.48. The van der Waals surface area contributed by atoms with Gasteiger partial charge in [-0.2, -0.15) is 4.31 Å². The maximum Gasteiger partial charge on any atom is 0.252 e. The van der Waals surface area contributed by atoms with Gasteiger partial charge in [0.25, 0.3) is 10.0 Å². The zero-order valence-electron chi connectivity index (χ0n) is 15.6. The number of sulfonamides is 1. The Labute approximate surface area is 160 Å². The second-order valence-corrected chi connectivity index (χ2v) is 10.3. The number of likely N-dealkylation sites (N-methyl/N-ethyl adjacent to an activating group) is 1. The van der Waals surface area contributed by atoms with E-state index in [4.69, 9.17) is 0 Å². The summed E-state index contributed by atoms with van der Waals surface area (Å²) in [6, 6.07) is 3.43. The van der Waals surface area contributed by atoms with Crippen LogP contribution in [0.3, 0.4) is 0 Å². The summed E-state index contributed by atoms with van der Waals surface area (Å²) in [5.74, 6) is 0.469. The van der Waals surface area contributed by atoms with Gasteiger partial charge in [0.1, 0.15) is 4.21 Å². The summed E-state index contributed by atoms with van der Waals surface area (Å²) in [6.07, 6.45) is 1.51. The number of carbonyl (C=O) groups is 1. The molecule has 2 aliphatic heterocycles. The molecule has 2 aliphatic rings. The predicted molar refractivity (Wildman–Crippen MR) is 104 cm³/mol. The quantitative estimate of drug-likeness (QED) is 0.759. The third-order valence-electron chi connectivity index (χ3n) is 5.82. The molecule has 0 aromatic carbocycles. The summed E-state index contributed by atoms with van der Waals surface area (Å²) in [4.78, 5) is 17.2. The number of amides is 1. The summed E-state index contributed by atoms with van der Waals surface area (Å²) in [5.41, 5.74) is 0. The van der Waals surface area contributed by atoms with E-state index >= 15 is 0 Å². The van der Waals surface area contributed by atoms with E-state index in [-0.39, 0.29) is 17.7 Å². The lowest BCUT2D eigenvalue weighted by molar-refractivity contribution is -0.139. The van der Waals surface area contributed by atoms with Gasteiger partial charge in [0.05, 0.1) is 0 Å². The zero-order valence-corrected chi connectivity index (χ0v) is 17.3. The molecule has 26 heavy (non-hydrogen) atoms. The van der Waals surface area contributed by atoms with E-state index in [2.05, 4.69) is 11.8 Å². The molecule has 3 heterocycles. The minimum atomic E-state index is -3.37. The fraction of sp³-hybridized carbons (Fsp3) is 0.722. The van der Waals surface area contributed by atoms with E-state index in [1.807, 2.05) is 11.8 Å². The van der Waals surface area contributed by atoms with E-state index < -0.39 is 10.0 Å². The standard InChI is InChI=1S/C18H29N3O3S2/c1-3-19-10-12-20(13-11-19)18(22)15(2)16-6-8-21(9-7-16)26(23,24)17-5-4-14-25-17/h4-5,14-16H,3,6-13H2,1-2H3/t15-/m0/s1. The molecule has 0 bridgehead atoms. The van der Waals surface area contributed by atoms with Gasteiger partial charge in [0.2, 0.25) is 5.91 Å². The van der Waals surface area contributed by atoms with Gasteiger partial charge in [-0.05, 0) is 36.8 Å². The number of carbonyl (C=O) groups excluding carboxylic acids is 1. The van der Waals surface area contributed by atoms with E-state index in [0.29, 0.717) is 17.3 Å². The van der Waals surface area contributed by atoms with Crippen LogP contribution in [0.1, 0.15) is 26.7 Å². The molecule has 0 unspecified atom stereocenters. The van der Waals surface area contributed by atoms with Crippen LogP contribution in [0.15, 0.2) is 21.7 Å². The highest BCUT2D eigenvalue weighted by Crippen LogP contribution is 2.30. The Balaban J connectivity index is 1.54. The Morgan fingerprint density at radius 3 is 2.38 bits per heavy atom. The Kier molecular flexibility index (Phi) is 6.37. The molecule has 0 aliphatic carbocycles. The Bertz CT molecular complexity index is 689. The Morgan fingerprint density at radius 1 is 1.19 bits per heavy atom. The van der Waals surface area contributed by atoms with E-state index in [9.17, 15) is 13.2 Å². The summed E-state index contributed by atoms with van der Waals surface area (Å²) in [7, 11) is -3.37. The van der Waals surface area contributed by atoms with Crippen LogP contribution in [0.4, 0.5) is 0 Å². The number of hydrogen-bond donors (Lipinski definition) is 0. The third-order valence-corrected chi connectivity index (χ3v) is 9.09. The SMILES string of the molecule is CCN1CCN(C(=O)[C@@H](C)C2CCN(S(=O)(=O)c3cccs3)CC2)CC1. The largest absolute Gasteiger partial charge is 0.340 e. The summed E-state index contributed by atoms with van der Waals surface area (Å²) < 4.78 is 27.2. The first kappa shape index (κ1) is 19.8. The first-order valence-corrected chi connectivity index (χ1v) is 11.8. The highest BCUT2D eigenvalue weighted by Gasteiger charge is 2.35. The van der Waals surface area contributed by atoms with Crippen molar-refractivity contribution in [2.24, 2.45) is 11.8 Å². The van der Waals surface area contributed by atoms with Crippen molar-refractivity contribution in [3.05, 3.63) is 17.5 Å². The van der Waals surface area contributed by atoms with Crippen molar-refractivity contribution < 1.29 is 13.2 Å². The molecule has 0 spiro atoms. The van der Waals surface area contributed by atoms with E-state index in [0.717, 1.165) is 45.6 Å². The van der Waals surface area contributed by atoms with Crippen LogP contribution in [-0.2, 0) is 14.8 Å². The van der Waals surface area contributed by atoms with Gasteiger partial charge in [-0.3, -0.25) is 4.79 Å². The summed E-state index contributed by atoms with van der Waals surface area (Å²) in [5, 5.41) is 1.79. The molecule has 8 heteroatoms. The van der Waals surface area contributed by atoms with Crippen molar-refractivity contribution in [3.63, 3.8) is 0 Å². The molecule has 3 rings (SSSR count). The molecular weight excluding hydrogens is 370 g/mol. The highest BCUT2D eigenvalue weighted by atomic mass is 32.2. The van der Waals surface area contributed by atoms with Crippen LogP contribution in [0.2, 0.25) is 0 Å². The van der Waals surface area contributed by atoms with Gasteiger partial charge in [-0.25, -0.2) is 8.42 Å². The van der Waals surface area contributed by atoms with Crippen molar-refractivity contribution in [2.45, 2.75) is 30.9 Å². The first-order chi connectivity index (χ1) is 12.4. The molecule has 2 saturated heterocycles. The minimum Gasteiger partial charge on any atom is -0.340 e. The Hall–Kier alpha value is -0.960. The number of hydrogen-bond acceptors (Lipinski definition) is 5. The van der Waals surface area contributed by atoms with Crippen LogP contribution in [0, 0.1) is 11.8 Å². The third kappa shape index (κ3) is 4.13. The Morgan fingerprint density at radius 2 is 1.85 bits per heavy atom. The number of thiophene rings is 1. The van der Waals surface area contributed by atoms with Crippen LogP contribution in [0.5, 0.6) is 0 Å². The smallest absolute Gasteiger partial charge is 0.252 e. The molecule has 146 valence electrons. The molecular formula is C18H29N3O3S2. The van der Waals surface area contributed by atoms with Crippen molar-refractivity contribution in [3.8, 4) is 0 Å². The minimum absolute atomic E-state index is 0.0326. The summed E-state index contributed by atoms with van der Waals surface area (Å²) >= 11 is 1.26. The fourth-order valence-corrected chi connectivity index (χ4v) is 6.54. The maximum atomic E-state index is 12.8. The number of nitrogens with zero attached hydrogens (tertiary/aromatic N) is 3. The molecule has 1 atom stereocenters.